The number of carboxylic acids is 2. The molecule has 0 aliphatic carbocycles. The number of aryl methyl sites for hydroxylation is 3. The molecule has 0 radical (unpaired) electrons. The van der Waals surface area contributed by atoms with Crippen LogP contribution in [0.2, 0.25) is 0 Å². The van der Waals surface area contributed by atoms with E-state index in [0.717, 1.165) is 47.3 Å². The molecule has 0 saturated carbocycles. The standard InChI is InChI=1S/C23H22N4O4.C22H20N4O4.C14H13N3O3/c1-15-4-3-5-17(10-15)13-25-22(29)20-11-19(26-14-27-20)21(28)24-12-16-6-8-18(9-7-16)23(30)31-2;1-14-3-2-4-16(9-14)12-24-21(28)19-10-18(25-13-26-19)20(27)23-11-15-5-7-17(8-6-15)22(29)30;1-9-3-2-4-10(5-9)7-15-13(18)11-6-12(14(19)20)17-8-16-11/h3-11,14H,12-13H2,1-2H3,(H,24,28)(H,25,29);2-10,13H,11-12H2,1H3,(H,23,27)(H,24,28)(H,29,30);2-6,8H,7H2,1H3,(H,15,18)(H,19,20)/i13D2;12D2;7D2. The Hall–Kier alpha value is -10.9. The fourth-order valence-electron chi connectivity index (χ4n) is 6.74. The van der Waals surface area contributed by atoms with Gasteiger partial charge in [-0.05, 0) is 72.9 Å². The average molecular weight is 1100 g/mol. The topological polar surface area (TPSA) is 324 Å². The lowest BCUT2D eigenvalue weighted by molar-refractivity contribution is 0.0598. The van der Waals surface area contributed by atoms with Crippen molar-refractivity contribution >= 4 is 47.4 Å². The smallest absolute Gasteiger partial charge is 0.354 e. The monoisotopic (exact) mass is 1100 g/mol. The summed E-state index contributed by atoms with van der Waals surface area (Å²) < 4.78 is 53.2. The molecule has 8 aromatic rings. The maximum Gasteiger partial charge on any atom is 0.354 e. The molecule has 22 heteroatoms. The summed E-state index contributed by atoms with van der Waals surface area (Å²) in [6.07, 6.45) is 3.06. The van der Waals surface area contributed by atoms with Crippen LogP contribution >= 0.6 is 0 Å². The first-order chi connectivity index (χ1) is 41.1. The van der Waals surface area contributed by atoms with Gasteiger partial charge in [0.2, 0.25) is 0 Å². The second-order valence-corrected chi connectivity index (χ2v) is 17.1. The number of carboxylic acid groups (broad SMARTS) is 2. The highest BCUT2D eigenvalue weighted by molar-refractivity contribution is 5.98. The summed E-state index contributed by atoms with van der Waals surface area (Å²) in [5, 5.41) is 29.8. The molecule has 0 unspecified atom stereocenters. The summed E-state index contributed by atoms with van der Waals surface area (Å²) in [4.78, 5) is 118. The second-order valence-electron chi connectivity index (χ2n) is 17.1. The van der Waals surface area contributed by atoms with E-state index >= 15 is 0 Å². The Morgan fingerprint density at radius 1 is 0.395 bits per heavy atom. The molecule has 5 aromatic carbocycles. The fraction of sp³-hybridized carbons (Fsp3) is 0.153. The maximum atomic E-state index is 12.6. The van der Waals surface area contributed by atoms with Crippen LogP contribution in [0.25, 0.3) is 0 Å². The van der Waals surface area contributed by atoms with Crippen LogP contribution in [0.5, 0.6) is 0 Å². The third kappa shape index (κ3) is 19.0. The Morgan fingerprint density at radius 2 is 0.704 bits per heavy atom. The van der Waals surface area contributed by atoms with Gasteiger partial charge in [0.25, 0.3) is 29.5 Å². The predicted octanol–water partition coefficient (Wildman–Crippen LogP) is 6.19. The number of aromatic nitrogens is 6. The summed E-state index contributed by atoms with van der Waals surface area (Å²) >= 11 is 0. The Balaban J connectivity index is 0.000000213. The van der Waals surface area contributed by atoms with E-state index in [0.29, 0.717) is 16.7 Å². The van der Waals surface area contributed by atoms with Crippen molar-refractivity contribution in [2.24, 2.45) is 0 Å². The number of esters is 1. The number of rotatable bonds is 18. The van der Waals surface area contributed by atoms with Crippen molar-refractivity contribution in [2.45, 2.75) is 53.4 Å². The molecular formula is C59H55N11O11. The van der Waals surface area contributed by atoms with E-state index in [1.807, 2.05) is 39.0 Å². The number of aromatic carboxylic acids is 2. The highest BCUT2D eigenvalue weighted by atomic mass is 16.5. The Bertz CT molecular complexity index is 3860. The number of hydrogen-bond donors (Lipinski definition) is 7. The molecule has 0 aliphatic rings. The number of carbonyl (C=O) groups is 8. The van der Waals surface area contributed by atoms with Crippen LogP contribution in [0.3, 0.4) is 0 Å². The largest absolute Gasteiger partial charge is 0.478 e. The van der Waals surface area contributed by atoms with Gasteiger partial charge in [0.15, 0.2) is 5.69 Å². The minimum atomic E-state index is -2.14. The van der Waals surface area contributed by atoms with E-state index < -0.39 is 66.9 Å². The van der Waals surface area contributed by atoms with Crippen LogP contribution in [-0.4, -0.2) is 94.7 Å². The number of nitrogens with one attached hydrogen (secondary N) is 5. The van der Waals surface area contributed by atoms with Crippen LogP contribution in [0.15, 0.2) is 159 Å². The number of benzene rings is 5. The van der Waals surface area contributed by atoms with Crippen LogP contribution in [0.1, 0.15) is 136 Å². The molecule has 0 spiro atoms. The number of amides is 5. The van der Waals surface area contributed by atoms with Crippen LogP contribution in [0.4, 0.5) is 0 Å². The molecule has 412 valence electrons. The minimum Gasteiger partial charge on any atom is -0.478 e. The van der Waals surface area contributed by atoms with Gasteiger partial charge in [-0.15, -0.1) is 0 Å². The highest BCUT2D eigenvalue weighted by Gasteiger charge is 2.16. The molecule has 8 rings (SSSR count). The normalized spacial score (nSPS) is 11.9. The predicted molar refractivity (Wildman–Crippen MR) is 294 cm³/mol. The number of carbonyl (C=O) groups excluding carboxylic acids is 6. The van der Waals surface area contributed by atoms with E-state index in [-0.39, 0.29) is 63.9 Å². The van der Waals surface area contributed by atoms with Gasteiger partial charge < -0.3 is 41.5 Å². The molecule has 0 atom stereocenters. The van der Waals surface area contributed by atoms with E-state index in [1.165, 1.54) is 31.4 Å². The first kappa shape index (κ1) is 50.9. The Labute approximate surface area is 473 Å². The molecule has 0 bridgehead atoms. The van der Waals surface area contributed by atoms with Gasteiger partial charge in [-0.1, -0.05) is 114 Å². The first-order valence-electron chi connectivity index (χ1n) is 27.1. The number of methoxy groups -OCH3 is 1. The van der Waals surface area contributed by atoms with Crippen LogP contribution in [0, 0.1) is 20.8 Å². The zero-order valence-corrected chi connectivity index (χ0v) is 43.7. The SMILES string of the molecule is [2H]C([2H])(NC(=O)c1cc(C(=O)NCc2ccc(C(=O)O)cc2)ncn1)c1cccc(C)c1.[2H]C([2H])(NC(=O)c1cc(C(=O)NCc2ccc(C(=O)OC)cc2)ncn1)c1cccc(C)c1.[2H]C([2H])(NC(=O)c1cc(C(=O)O)ncn1)c1cccc(C)c1. The average Bonchev–Trinajstić information content (AvgIpc) is 2.07. The first-order valence-corrected chi connectivity index (χ1v) is 24.1. The lowest BCUT2D eigenvalue weighted by atomic mass is 10.1. The lowest BCUT2D eigenvalue weighted by Crippen LogP contribution is -2.27. The number of nitrogens with zero attached hydrogens (tertiary/aromatic N) is 6. The van der Waals surface area contributed by atoms with E-state index in [9.17, 15) is 38.4 Å². The molecular weight excluding hydrogens is 1040 g/mol. The second kappa shape index (κ2) is 29.6. The van der Waals surface area contributed by atoms with Crippen molar-refractivity contribution in [3.8, 4) is 0 Å². The summed E-state index contributed by atoms with van der Waals surface area (Å²) in [5.41, 5.74) is 4.40. The molecule has 5 amide bonds. The van der Waals surface area contributed by atoms with Crippen LogP contribution < -0.4 is 26.6 Å². The van der Waals surface area contributed by atoms with Gasteiger partial charge in [-0.3, -0.25) is 24.0 Å². The fourth-order valence-corrected chi connectivity index (χ4v) is 6.74. The van der Waals surface area contributed by atoms with Gasteiger partial charge in [0.1, 0.15) is 47.5 Å². The zero-order valence-electron chi connectivity index (χ0n) is 49.7. The van der Waals surface area contributed by atoms with Crippen molar-refractivity contribution in [3.05, 3.63) is 248 Å². The third-order valence-electron chi connectivity index (χ3n) is 10.9. The number of hydrogen-bond acceptors (Lipinski definition) is 15. The molecule has 3 aromatic heterocycles. The molecule has 81 heavy (non-hydrogen) atoms. The van der Waals surface area contributed by atoms with Crippen molar-refractivity contribution in [3.63, 3.8) is 0 Å². The van der Waals surface area contributed by atoms with Crippen LogP contribution in [-0.2, 0) is 37.3 Å². The highest BCUT2D eigenvalue weighted by Crippen LogP contribution is 2.11. The Morgan fingerprint density at radius 3 is 1.01 bits per heavy atom. The zero-order chi connectivity index (χ0) is 63.6. The summed E-state index contributed by atoms with van der Waals surface area (Å²) in [7, 11) is 1.30. The summed E-state index contributed by atoms with van der Waals surface area (Å²) in [5.74, 6) is -6.29. The van der Waals surface area contributed by atoms with Gasteiger partial charge >= 0.3 is 17.9 Å². The summed E-state index contributed by atoms with van der Waals surface area (Å²) in [6, 6.07) is 36.0. The van der Waals surface area contributed by atoms with Gasteiger partial charge in [0, 0.05) is 50.8 Å². The Kier molecular flexibility index (Phi) is 18.6. The third-order valence-corrected chi connectivity index (χ3v) is 10.9. The maximum absolute atomic E-state index is 12.6. The quantitative estimate of drug-likeness (QED) is 0.0471. The molecule has 0 aliphatic heterocycles. The van der Waals surface area contributed by atoms with Crippen molar-refractivity contribution < 1.29 is 61.5 Å². The summed E-state index contributed by atoms with van der Waals surface area (Å²) in [6.45, 7) is -0.642. The van der Waals surface area contributed by atoms with Gasteiger partial charge in [-0.2, -0.15) is 0 Å². The van der Waals surface area contributed by atoms with Crippen molar-refractivity contribution in [1.82, 2.24) is 56.5 Å². The molecule has 7 N–H and O–H groups in total. The molecule has 3 heterocycles. The molecule has 22 nitrogen and oxygen atoms in total. The van der Waals surface area contributed by atoms with Gasteiger partial charge in [-0.25, -0.2) is 44.3 Å². The van der Waals surface area contributed by atoms with E-state index in [1.54, 1.807) is 91.0 Å². The van der Waals surface area contributed by atoms with E-state index in [4.69, 9.17) is 18.4 Å². The minimum absolute atomic E-state index is 0.0440. The van der Waals surface area contributed by atoms with Crippen molar-refractivity contribution in [1.29, 1.82) is 0 Å². The van der Waals surface area contributed by atoms with E-state index in [2.05, 4.69) is 61.2 Å². The number of ether oxygens (including phenoxy) is 1. The van der Waals surface area contributed by atoms with Crippen molar-refractivity contribution in [2.75, 3.05) is 7.11 Å². The molecule has 0 saturated heterocycles. The van der Waals surface area contributed by atoms with Gasteiger partial charge in [0.05, 0.1) is 26.5 Å². The molecule has 0 fully saturated rings. The lowest BCUT2D eigenvalue weighted by Gasteiger charge is -2.08.